The van der Waals surface area contributed by atoms with Crippen molar-refractivity contribution < 1.29 is 14.3 Å². The number of anilines is 1. The molecule has 1 amide bonds. The zero-order valence-electron chi connectivity index (χ0n) is 17.9. The number of nitrogens with one attached hydrogen (secondary N) is 1. The van der Waals surface area contributed by atoms with E-state index in [1.807, 2.05) is 78.9 Å². The van der Waals surface area contributed by atoms with E-state index in [2.05, 4.69) is 12.2 Å². The molecule has 160 valence electrons. The summed E-state index contributed by atoms with van der Waals surface area (Å²) in [6.45, 7) is 3.42. The third-order valence-electron chi connectivity index (χ3n) is 4.69. The molecule has 0 aliphatic heterocycles. The first-order chi connectivity index (χ1) is 15.2. The van der Waals surface area contributed by atoms with Gasteiger partial charge in [-0.3, -0.25) is 4.79 Å². The second kappa shape index (κ2) is 12.2. The second-order valence-corrected chi connectivity index (χ2v) is 7.25. The van der Waals surface area contributed by atoms with Crippen molar-refractivity contribution in [3.05, 3.63) is 96.1 Å². The van der Waals surface area contributed by atoms with Crippen molar-refractivity contribution in [3.8, 4) is 11.5 Å². The Kier molecular flexibility index (Phi) is 8.74. The number of rotatable bonds is 11. The van der Waals surface area contributed by atoms with Crippen LogP contribution < -0.4 is 14.8 Å². The van der Waals surface area contributed by atoms with E-state index in [1.165, 1.54) is 18.9 Å². The molecule has 0 aromatic heterocycles. The molecule has 31 heavy (non-hydrogen) atoms. The SMILES string of the molecule is CCCCCOc1ccc(NC(=O)/C=C/c2ccc(OCc3ccccc3)cc2)cc1. The highest BCUT2D eigenvalue weighted by atomic mass is 16.5. The van der Waals surface area contributed by atoms with Crippen molar-refractivity contribution in [1.82, 2.24) is 0 Å². The maximum Gasteiger partial charge on any atom is 0.248 e. The molecule has 3 aromatic rings. The normalized spacial score (nSPS) is 10.7. The smallest absolute Gasteiger partial charge is 0.248 e. The number of amides is 1. The van der Waals surface area contributed by atoms with Crippen LogP contribution in [0.25, 0.3) is 6.08 Å². The fourth-order valence-corrected chi connectivity index (χ4v) is 2.95. The summed E-state index contributed by atoms with van der Waals surface area (Å²) in [5.74, 6) is 1.43. The van der Waals surface area contributed by atoms with E-state index in [-0.39, 0.29) is 5.91 Å². The Labute approximate surface area is 184 Å². The highest BCUT2D eigenvalue weighted by Crippen LogP contribution is 2.17. The number of unbranched alkanes of at least 4 members (excludes halogenated alkanes) is 2. The van der Waals surface area contributed by atoms with Gasteiger partial charge in [0.25, 0.3) is 0 Å². The molecule has 3 aromatic carbocycles. The fraction of sp³-hybridized carbons (Fsp3) is 0.222. The van der Waals surface area contributed by atoms with Gasteiger partial charge in [-0.2, -0.15) is 0 Å². The van der Waals surface area contributed by atoms with Crippen LogP contribution in [0.3, 0.4) is 0 Å². The van der Waals surface area contributed by atoms with Gasteiger partial charge in [-0.15, -0.1) is 0 Å². The van der Waals surface area contributed by atoms with Gasteiger partial charge >= 0.3 is 0 Å². The quantitative estimate of drug-likeness (QED) is 0.288. The molecule has 0 spiro atoms. The molecule has 0 aliphatic carbocycles. The number of hydrogen-bond donors (Lipinski definition) is 1. The van der Waals surface area contributed by atoms with Crippen LogP contribution in [0.5, 0.6) is 11.5 Å². The van der Waals surface area contributed by atoms with Gasteiger partial charge in [0.05, 0.1) is 6.61 Å². The molecular formula is C27H29NO3. The molecule has 1 N–H and O–H groups in total. The fourth-order valence-electron chi connectivity index (χ4n) is 2.95. The van der Waals surface area contributed by atoms with Crippen LogP contribution in [0.15, 0.2) is 84.9 Å². The number of benzene rings is 3. The summed E-state index contributed by atoms with van der Waals surface area (Å²) < 4.78 is 11.5. The average Bonchev–Trinajstić information content (AvgIpc) is 2.81. The molecule has 0 aliphatic rings. The number of carbonyl (C=O) groups excluding carboxylic acids is 1. The highest BCUT2D eigenvalue weighted by Gasteiger charge is 2.00. The maximum absolute atomic E-state index is 12.2. The summed E-state index contributed by atoms with van der Waals surface area (Å²) in [6.07, 6.45) is 6.70. The third-order valence-corrected chi connectivity index (χ3v) is 4.69. The number of hydrogen-bond acceptors (Lipinski definition) is 3. The van der Waals surface area contributed by atoms with Gasteiger partial charge in [-0.1, -0.05) is 62.2 Å². The standard InChI is InChI=1S/C27H29NO3/c1-2-3-7-20-30-25-17-13-24(14-18-25)28-27(29)19-12-22-10-15-26(16-11-22)31-21-23-8-5-4-6-9-23/h4-6,8-19H,2-3,7,20-21H2,1H3,(H,28,29)/b19-12+. The predicted octanol–water partition coefficient (Wildman–Crippen LogP) is 6.49. The molecule has 0 saturated carbocycles. The van der Waals surface area contributed by atoms with Crippen molar-refractivity contribution in [3.63, 3.8) is 0 Å². The summed E-state index contributed by atoms with van der Waals surface area (Å²) in [5.41, 5.74) is 2.79. The largest absolute Gasteiger partial charge is 0.494 e. The predicted molar refractivity (Wildman–Crippen MR) is 126 cm³/mol. The lowest BCUT2D eigenvalue weighted by Gasteiger charge is -2.07. The molecule has 0 heterocycles. The van der Waals surface area contributed by atoms with Crippen LogP contribution in [0.4, 0.5) is 5.69 Å². The lowest BCUT2D eigenvalue weighted by molar-refractivity contribution is -0.111. The summed E-state index contributed by atoms with van der Waals surface area (Å²) in [7, 11) is 0. The van der Waals surface area contributed by atoms with E-state index >= 15 is 0 Å². The van der Waals surface area contributed by atoms with Gasteiger partial charge in [0.15, 0.2) is 0 Å². The van der Waals surface area contributed by atoms with Crippen molar-refractivity contribution in [2.45, 2.75) is 32.8 Å². The summed E-state index contributed by atoms with van der Waals surface area (Å²) in [6, 6.07) is 25.1. The highest BCUT2D eigenvalue weighted by molar-refractivity contribution is 6.01. The summed E-state index contributed by atoms with van der Waals surface area (Å²) >= 11 is 0. The average molecular weight is 416 g/mol. The topological polar surface area (TPSA) is 47.6 Å². The maximum atomic E-state index is 12.2. The Bertz CT molecular complexity index is 948. The Morgan fingerprint density at radius 3 is 2.23 bits per heavy atom. The molecule has 0 bridgehead atoms. The molecule has 4 nitrogen and oxygen atoms in total. The van der Waals surface area contributed by atoms with Crippen molar-refractivity contribution in [2.75, 3.05) is 11.9 Å². The molecule has 0 radical (unpaired) electrons. The summed E-state index contributed by atoms with van der Waals surface area (Å²) in [5, 5.41) is 2.86. The number of ether oxygens (including phenoxy) is 2. The first-order valence-electron chi connectivity index (χ1n) is 10.7. The van der Waals surface area contributed by atoms with Crippen LogP contribution in [0.2, 0.25) is 0 Å². The Morgan fingerprint density at radius 1 is 0.839 bits per heavy atom. The van der Waals surface area contributed by atoms with Gasteiger partial charge in [0.2, 0.25) is 5.91 Å². The zero-order valence-corrected chi connectivity index (χ0v) is 17.9. The molecule has 4 heteroatoms. The van der Waals surface area contributed by atoms with Crippen molar-refractivity contribution in [2.24, 2.45) is 0 Å². The van der Waals surface area contributed by atoms with Crippen LogP contribution in [0, 0.1) is 0 Å². The van der Waals surface area contributed by atoms with Gasteiger partial charge in [-0.05, 0) is 60.0 Å². The van der Waals surface area contributed by atoms with E-state index in [9.17, 15) is 4.79 Å². The van der Waals surface area contributed by atoms with Crippen molar-refractivity contribution in [1.29, 1.82) is 0 Å². The molecule has 0 unspecified atom stereocenters. The first kappa shape index (κ1) is 22.2. The van der Waals surface area contributed by atoms with Crippen LogP contribution in [0.1, 0.15) is 37.3 Å². The van der Waals surface area contributed by atoms with Gasteiger partial charge in [0, 0.05) is 11.8 Å². The molecule has 0 fully saturated rings. The molecule has 3 rings (SSSR count). The zero-order chi connectivity index (χ0) is 21.7. The van der Waals surface area contributed by atoms with Gasteiger partial charge in [0.1, 0.15) is 18.1 Å². The van der Waals surface area contributed by atoms with E-state index in [0.29, 0.717) is 6.61 Å². The Balaban J connectivity index is 1.44. The summed E-state index contributed by atoms with van der Waals surface area (Å²) in [4.78, 5) is 12.2. The minimum atomic E-state index is -0.180. The first-order valence-corrected chi connectivity index (χ1v) is 10.7. The van der Waals surface area contributed by atoms with E-state index in [1.54, 1.807) is 6.08 Å². The van der Waals surface area contributed by atoms with Crippen LogP contribution in [-0.2, 0) is 11.4 Å². The van der Waals surface area contributed by atoms with Gasteiger partial charge in [-0.25, -0.2) is 0 Å². The molecule has 0 saturated heterocycles. The minimum Gasteiger partial charge on any atom is -0.494 e. The molecule has 0 atom stereocenters. The second-order valence-electron chi connectivity index (χ2n) is 7.25. The third kappa shape index (κ3) is 8.01. The van der Waals surface area contributed by atoms with Crippen molar-refractivity contribution >= 4 is 17.7 Å². The van der Waals surface area contributed by atoms with E-state index in [0.717, 1.165) is 41.3 Å². The lowest BCUT2D eigenvalue weighted by atomic mass is 10.2. The lowest BCUT2D eigenvalue weighted by Crippen LogP contribution is -2.07. The number of carbonyl (C=O) groups is 1. The van der Waals surface area contributed by atoms with Crippen LogP contribution >= 0.6 is 0 Å². The molecular weight excluding hydrogens is 386 g/mol. The monoisotopic (exact) mass is 415 g/mol. The Morgan fingerprint density at radius 2 is 1.52 bits per heavy atom. The minimum absolute atomic E-state index is 0.180. The van der Waals surface area contributed by atoms with Crippen LogP contribution in [-0.4, -0.2) is 12.5 Å². The van der Waals surface area contributed by atoms with E-state index < -0.39 is 0 Å². The Hall–Kier alpha value is -3.53. The van der Waals surface area contributed by atoms with Gasteiger partial charge < -0.3 is 14.8 Å². The van der Waals surface area contributed by atoms with E-state index in [4.69, 9.17) is 9.47 Å².